The van der Waals surface area contributed by atoms with E-state index >= 15 is 0 Å². The molecule has 0 bridgehead atoms. The Morgan fingerprint density at radius 2 is 2.15 bits per heavy atom. The number of fused-ring (bicyclic) bond motifs is 1. The van der Waals surface area contributed by atoms with E-state index in [-0.39, 0.29) is 17.8 Å². The van der Waals surface area contributed by atoms with Gasteiger partial charge in [-0.3, -0.25) is 9.78 Å². The summed E-state index contributed by atoms with van der Waals surface area (Å²) >= 11 is 0. The van der Waals surface area contributed by atoms with Crippen LogP contribution in [0.5, 0.6) is 5.88 Å². The predicted molar refractivity (Wildman–Crippen MR) is 91.8 cm³/mol. The molecular weight excluding hydrogens is 334 g/mol. The van der Waals surface area contributed by atoms with E-state index in [1.165, 1.54) is 0 Å². The van der Waals surface area contributed by atoms with Gasteiger partial charge in [0.05, 0.1) is 12.7 Å². The minimum absolute atomic E-state index is 0.122. The lowest BCUT2D eigenvalue weighted by Gasteiger charge is -2.31. The number of carbonyl (C=O) groups is 1. The van der Waals surface area contributed by atoms with E-state index in [1.54, 1.807) is 28.0 Å². The number of rotatable bonds is 3. The summed E-state index contributed by atoms with van der Waals surface area (Å²) in [5.41, 5.74) is 1.73. The lowest BCUT2D eigenvalue weighted by atomic mass is 10.1. The molecule has 0 aromatic carbocycles. The Bertz CT molecular complexity index is 941. The second-order valence-corrected chi connectivity index (χ2v) is 6.36. The van der Waals surface area contributed by atoms with Crippen LogP contribution < -0.4 is 4.74 Å². The molecule has 1 fully saturated rings. The molecule has 9 heteroatoms. The molecular formula is C17H19N7O2. The van der Waals surface area contributed by atoms with Gasteiger partial charge in [-0.25, -0.2) is 14.5 Å². The third-order valence-corrected chi connectivity index (χ3v) is 4.30. The van der Waals surface area contributed by atoms with Gasteiger partial charge in [0.25, 0.3) is 11.7 Å². The Balaban J connectivity index is 1.51. The first-order chi connectivity index (χ1) is 12.6. The van der Waals surface area contributed by atoms with Crippen molar-refractivity contribution < 1.29 is 9.53 Å². The smallest absolute Gasteiger partial charge is 0.293 e. The number of aryl methyl sites for hydroxylation is 2. The molecule has 0 spiro atoms. The van der Waals surface area contributed by atoms with E-state index in [2.05, 4.69) is 25.0 Å². The average Bonchev–Trinajstić information content (AvgIpc) is 3.06. The van der Waals surface area contributed by atoms with Gasteiger partial charge in [0.15, 0.2) is 0 Å². The van der Waals surface area contributed by atoms with Crippen molar-refractivity contribution in [3.63, 3.8) is 0 Å². The van der Waals surface area contributed by atoms with E-state index < -0.39 is 0 Å². The van der Waals surface area contributed by atoms with Gasteiger partial charge >= 0.3 is 0 Å². The lowest BCUT2D eigenvalue weighted by Crippen LogP contribution is -2.44. The maximum atomic E-state index is 12.8. The SMILES string of the molecule is Cc1cc(C)n2nc(C(=O)N3CCC[C@H](Oc4cnccn4)C3)nc2n1. The number of carbonyl (C=O) groups excluding carboxylic acids is 1. The van der Waals surface area contributed by atoms with Crippen LogP contribution >= 0.6 is 0 Å². The van der Waals surface area contributed by atoms with Gasteiger partial charge in [-0.15, -0.1) is 5.10 Å². The van der Waals surface area contributed by atoms with Gasteiger partial charge in [0, 0.05) is 30.3 Å². The van der Waals surface area contributed by atoms with E-state index in [9.17, 15) is 4.79 Å². The van der Waals surface area contributed by atoms with Gasteiger partial charge < -0.3 is 9.64 Å². The molecule has 0 radical (unpaired) electrons. The summed E-state index contributed by atoms with van der Waals surface area (Å²) in [4.78, 5) is 31.3. The monoisotopic (exact) mass is 353 g/mol. The number of hydrogen-bond donors (Lipinski definition) is 0. The first kappa shape index (κ1) is 16.4. The fraction of sp³-hybridized carbons (Fsp3) is 0.412. The van der Waals surface area contributed by atoms with E-state index in [4.69, 9.17) is 4.74 Å². The van der Waals surface area contributed by atoms with Gasteiger partial charge in [-0.2, -0.15) is 4.98 Å². The number of aromatic nitrogens is 6. The van der Waals surface area contributed by atoms with Crippen molar-refractivity contribution in [1.82, 2.24) is 34.4 Å². The first-order valence-corrected chi connectivity index (χ1v) is 8.53. The summed E-state index contributed by atoms with van der Waals surface area (Å²) in [7, 11) is 0. The molecule has 134 valence electrons. The first-order valence-electron chi connectivity index (χ1n) is 8.53. The van der Waals surface area contributed by atoms with E-state index in [0.717, 1.165) is 24.2 Å². The second-order valence-electron chi connectivity index (χ2n) is 6.36. The zero-order valence-corrected chi connectivity index (χ0v) is 14.7. The average molecular weight is 353 g/mol. The van der Waals surface area contributed by atoms with Crippen molar-refractivity contribution in [2.24, 2.45) is 0 Å². The number of hydrogen-bond acceptors (Lipinski definition) is 7. The Labute approximate surface area is 150 Å². The number of likely N-dealkylation sites (tertiary alicyclic amines) is 1. The van der Waals surface area contributed by atoms with Crippen molar-refractivity contribution in [2.45, 2.75) is 32.8 Å². The fourth-order valence-corrected chi connectivity index (χ4v) is 3.13. The molecule has 1 aliphatic rings. The number of nitrogens with zero attached hydrogens (tertiary/aromatic N) is 7. The molecule has 1 aliphatic heterocycles. The summed E-state index contributed by atoms with van der Waals surface area (Å²) < 4.78 is 7.43. The maximum Gasteiger partial charge on any atom is 0.293 e. The van der Waals surface area contributed by atoms with Crippen LogP contribution in [0.1, 0.15) is 34.8 Å². The molecule has 3 aromatic rings. The predicted octanol–water partition coefficient (Wildman–Crippen LogP) is 1.21. The molecule has 26 heavy (non-hydrogen) atoms. The van der Waals surface area contributed by atoms with Crippen molar-refractivity contribution in [1.29, 1.82) is 0 Å². The van der Waals surface area contributed by atoms with Crippen molar-refractivity contribution in [3.05, 3.63) is 41.9 Å². The molecule has 1 amide bonds. The van der Waals surface area contributed by atoms with Crippen LogP contribution in [0.3, 0.4) is 0 Å². The number of amides is 1. The Morgan fingerprint density at radius 1 is 1.27 bits per heavy atom. The lowest BCUT2D eigenvalue weighted by molar-refractivity contribution is 0.0516. The molecule has 3 aromatic heterocycles. The Morgan fingerprint density at radius 3 is 2.96 bits per heavy atom. The summed E-state index contributed by atoms with van der Waals surface area (Å²) in [5.74, 6) is 0.856. The van der Waals surface area contributed by atoms with Crippen LogP contribution in [0.2, 0.25) is 0 Å². The zero-order chi connectivity index (χ0) is 18.1. The minimum atomic E-state index is -0.208. The maximum absolute atomic E-state index is 12.8. The largest absolute Gasteiger partial charge is 0.471 e. The summed E-state index contributed by atoms with van der Waals surface area (Å²) in [5, 5.41) is 4.33. The number of ether oxygens (including phenoxy) is 1. The van der Waals surface area contributed by atoms with Crippen LogP contribution in [-0.2, 0) is 0 Å². The molecule has 4 heterocycles. The summed E-state index contributed by atoms with van der Waals surface area (Å²) in [6.07, 6.45) is 6.33. The van der Waals surface area contributed by atoms with Crippen LogP contribution in [-0.4, -0.2) is 59.6 Å². The van der Waals surface area contributed by atoms with Gasteiger partial charge in [-0.1, -0.05) is 0 Å². The number of piperidine rings is 1. The molecule has 0 saturated carbocycles. The quantitative estimate of drug-likeness (QED) is 0.698. The molecule has 4 rings (SSSR count). The molecule has 1 atom stereocenters. The van der Waals surface area contributed by atoms with Crippen molar-refractivity contribution in [3.8, 4) is 5.88 Å². The summed E-state index contributed by atoms with van der Waals surface area (Å²) in [6.45, 7) is 4.93. The topological polar surface area (TPSA) is 98.4 Å². The van der Waals surface area contributed by atoms with Crippen molar-refractivity contribution >= 4 is 11.7 Å². The highest BCUT2D eigenvalue weighted by Gasteiger charge is 2.28. The van der Waals surface area contributed by atoms with Crippen molar-refractivity contribution in [2.75, 3.05) is 13.1 Å². The molecule has 9 nitrogen and oxygen atoms in total. The second kappa shape index (κ2) is 6.66. The van der Waals surface area contributed by atoms with Crippen LogP contribution in [0.25, 0.3) is 5.78 Å². The molecule has 0 unspecified atom stereocenters. The molecule has 1 saturated heterocycles. The highest BCUT2D eigenvalue weighted by Crippen LogP contribution is 2.17. The van der Waals surface area contributed by atoms with E-state index in [1.807, 2.05) is 19.9 Å². The zero-order valence-electron chi connectivity index (χ0n) is 14.7. The normalized spacial score (nSPS) is 17.5. The standard InChI is InChI=1S/C17H19N7O2/c1-11-8-12(2)24-17(20-11)21-15(22-24)16(25)23-7-3-4-13(10-23)26-14-9-18-5-6-19-14/h5-6,8-9,13H,3-4,7,10H2,1-2H3/t13-/m0/s1. The fourth-order valence-electron chi connectivity index (χ4n) is 3.13. The molecule has 0 aliphatic carbocycles. The van der Waals surface area contributed by atoms with Crippen LogP contribution in [0.4, 0.5) is 0 Å². The van der Waals surface area contributed by atoms with Crippen LogP contribution in [0, 0.1) is 13.8 Å². The molecule has 0 N–H and O–H groups in total. The third-order valence-electron chi connectivity index (χ3n) is 4.30. The van der Waals surface area contributed by atoms with Gasteiger partial charge in [0.1, 0.15) is 6.10 Å². The van der Waals surface area contributed by atoms with Crippen LogP contribution in [0.15, 0.2) is 24.7 Å². The Hall–Kier alpha value is -3.10. The highest BCUT2D eigenvalue weighted by atomic mass is 16.5. The van der Waals surface area contributed by atoms with Gasteiger partial charge in [0.2, 0.25) is 11.7 Å². The Kier molecular flexibility index (Phi) is 4.19. The summed E-state index contributed by atoms with van der Waals surface area (Å²) in [6, 6.07) is 1.90. The van der Waals surface area contributed by atoms with E-state index in [0.29, 0.717) is 24.7 Å². The minimum Gasteiger partial charge on any atom is -0.471 e. The van der Waals surface area contributed by atoms with Gasteiger partial charge in [-0.05, 0) is 32.8 Å². The third kappa shape index (κ3) is 3.19. The highest BCUT2D eigenvalue weighted by molar-refractivity contribution is 5.91.